The van der Waals surface area contributed by atoms with Crippen LogP contribution in [0, 0.1) is 6.92 Å². The van der Waals surface area contributed by atoms with Crippen molar-refractivity contribution in [3.05, 3.63) is 41.7 Å². The second-order valence-electron chi connectivity index (χ2n) is 4.31. The monoisotopic (exact) mass is 254 g/mol. The number of aromatic amines is 1. The summed E-state index contributed by atoms with van der Waals surface area (Å²) >= 11 is 0. The molecule has 0 spiro atoms. The lowest BCUT2D eigenvalue weighted by Crippen LogP contribution is -2.06. The first-order valence-corrected chi connectivity index (χ1v) is 5.99. The van der Waals surface area contributed by atoms with Gasteiger partial charge in [-0.3, -0.25) is 0 Å². The number of aromatic nitrogens is 4. The van der Waals surface area contributed by atoms with Gasteiger partial charge in [-0.15, -0.1) is 0 Å². The van der Waals surface area contributed by atoms with Crippen LogP contribution in [0.5, 0.6) is 0 Å². The van der Waals surface area contributed by atoms with E-state index < -0.39 is 0 Å². The quantitative estimate of drug-likeness (QED) is 0.663. The summed E-state index contributed by atoms with van der Waals surface area (Å²) in [5, 5.41) is 3.17. The zero-order valence-corrected chi connectivity index (χ0v) is 10.5. The molecule has 0 fully saturated rings. The smallest absolute Gasteiger partial charge is 0.227 e. The molecule has 0 saturated carbocycles. The molecule has 0 saturated heterocycles. The third kappa shape index (κ3) is 2.20. The van der Waals surface area contributed by atoms with Crippen molar-refractivity contribution < 1.29 is 0 Å². The maximum atomic E-state index is 5.84. The van der Waals surface area contributed by atoms with Gasteiger partial charge in [-0.2, -0.15) is 9.97 Å². The second kappa shape index (κ2) is 4.56. The van der Waals surface area contributed by atoms with Gasteiger partial charge in [-0.05, 0) is 18.1 Å². The van der Waals surface area contributed by atoms with Gasteiger partial charge in [0.25, 0.3) is 0 Å². The molecule has 0 atom stereocenters. The fraction of sp³-hybridized carbons (Fsp3) is 0.154. The minimum Gasteiger partial charge on any atom is -0.382 e. The molecule has 2 aromatic heterocycles. The number of nitrogens with two attached hydrogens (primary N) is 1. The van der Waals surface area contributed by atoms with Gasteiger partial charge >= 0.3 is 0 Å². The highest BCUT2D eigenvalue weighted by atomic mass is 15.2. The van der Waals surface area contributed by atoms with Crippen molar-refractivity contribution in [2.75, 3.05) is 11.1 Å². The Morgan fingerprint density at radius 1 is 1.26 bits per heavy atom. The van der Waals surface area contributed by atoms with Crippen molar-refractivity contribution >= 4 is 22.9 Å². The van der Waals surface area contributed by atoms with Gasteiger partial charge < -0.3 is 16.0 Å². The molecule has 96 valence electrons. The van der Waals surface area contributed by atoms with Crippen molar-refractivity contribution in [1.82, 2.24) is 19.9 Å². The number of anilines is 2. The Balaban J connectivity index is 1.84. The van der Waals surface area contributed by atoms with Gasteiger partial charge in [-0.25, -0.2) is 4.98 Å². The lowest BCUT2D eigenvalue weighted by molar-refractivity contribution is 1.06. The zero-order chi connectivity index (χ0) is 13.2. The van der Waals surface area contributed by atoms with E-state index in [4.69, 9.17) is 5.73 Å². The molecule has 19 heavy (non-hydrogen) atoms. The molecule has 6 nitrogen and oxygen atoms in total. The van der Waals surface area contributed by atoms with Crippen molar-refractivity contribution in [2.24, 2.45) is 0 Å². The molecule has 1 aromatic carbocycles. The average molecular weight is 254 g/mol. The van der Waals surface area contributed by atoms with Crippen molar-refractivity contribution in [1.29, 1.82) is 0 Å². The lowest BCUT2D eigenvalue weighted by atomic mass is 10.1. The van der Waals surface area contributed by atoms with Gasteiger partial charge in [0, 0.05) is 6.54 Å². The number of nitrogens with zero attached hydrogens (tertiary/aromatic N) is 3. The highest BCUT2D eigenvalue weighted by Crippen LogP contribution is 2.16. The normalized spacial score (nSPS) is 10.8. The molecular formula is C13H14N6. The maximum absolute atomic E-state index is 5.84. The van der Waals surface area contributed by atoms with Crippen LogP contribution in [0.2, 0.25) is 0 Å². The molecular weight excluding hydrogens is 240 g/mol. The number of rotatable bonds is 3. The van der Waals surface area contributed by atoms with Crippen LogP contribution in [0.3, 0.4) is 0 Å². The van der Waals surface area contributed by atoms with Crippen LogP contribution in [0.4, 0.5) is 11.8 Å². The number of hydrogen-bond acceptors (Lipinski definition) is 5. The van der Waals surface area contributed by atoms with E-state index in [0.29, 0.717) is 29.5 Å². The molecule has 6 heteroatoms. The summed E-state index contributed by atoms with van der Waals surface area (Å²) in [7, 11) is 0. The van der Waals surface area contributed by atoms with E-state index in [1.807, 2.05) is 12.1 Å². The van der Waals surface area contributed by atoms with E-state index >= 15 is 0 Å². The average Bonchev–Trinajstić information content (AvgIpc) is 2.87. The van der Waals surface area contributed by atoms with Crippen LogP contribution >= 0.6 is 0 Å². The van der Waals surface area contributed by atoms with Crippen LogP contribution in [-0.2, 0) is 6.54 Å². The molecule has 0 amide bonds. The molecule has 0 aliphatic heterocycles. The van der Waals surface area contributed by atoms with E-state index in [1.165, 1.54) is 11.1 Å². The van der Waals surface area contributed by atoms with Crippen molar-refractivity contribution in [2.45, 2.75) is 13.5 Å². The van der Waals surface area contributed by atoms with E-state index in [1.54, 1.807) is 6.33 Å². The number of hydrogen-bond donors (Lipinski definition) is 3. The highest BCUT2D eigenvalue weighted by molar-refractivity contribution is 5.82. The summed E-state index contributed by atoms with van der Waals surface area (Å²) in [5.74, 6) is 0.884. The van der Waals surface area contributed by atoms with Gasteiger partial charge in [0.15, 0.2) is 11.5 Å². The molecule has 3 rings (SSSR count). The third-order valence-corrected chi connectivity index (χ3v) is 3.01. The standard InChI is InChI=1S/C13H14N6/c1-8-4-2-3-5-9(8)6-15-13-18-11(14)10-12(19-13)17-7-16-10/h2-5,7H,6H2,1H3,(H4,14,15,16,17,18,19). The fourth-order valence-electron chi connectivity index (χ4n) is 1.92. The molecule has 3 aromatic rings. The van der Waals surface area contributed by atoms with Gasteiger partial charge in [0.1, 0.15) is 5.52 Å². The van der Waals surface area contributed by atoms with Gasteiger partial charge in [0.05, 0.1) is 6.33 Å². The summed E-state index contributed by atoms with van der Waals surface area (Å²) in [6.45, 7) is 2.73. The topological polar surface area (TPSA) is 92.5 Å². The first kappa shape index (κ1) is 11.5. The summed E-state index contributed by atoms with van der Waals surface area (Å²) in [5.41, 5.74) is 9.50. The van der Waals surface area contributed by atoms with E-state index in [-0.39, 0.29) is 0 Å². The number of nitrogens with one attached hydrogen (secondary N) is 2. The Hall–Kier alpha value is -2.63. The Labute approximate surface area is 110 Å². The van der Waals surface area contributed by atoms with Crippen molar-refractivity contribution in [3.63, 3.8) is 0 Å². The zero-order valence-electron chi connectivity index (χ0n) is 10.5. The number of benzene rings is 1. The summed E-state index contributed by atoms with van der Waals surface area (Å²) < 4.78 is 0. The van der Waals surface area contributed by atoms with E-state index in [0.717, 1.165) is 0 Å². The Bertz CT molecular complexity index is 718. The summed E-state index contributed by atoms with van der Waals surface area (Å²) in [6.07, 6.45) is 1.56. The van der Waals surface area contributed by atoms with Gasteiger partial charge in [-0.1, -0.05) is 24.3 Å². The first-order valence-electron chi connectivity index (χ1n) is 5.99. The summed E-state index contributed by atoms with van der Waals surface area (Å²) in [4.78, 5) is 15.5. The molecule has 0 aliphatic carbocycles. The SMILES string of the molecule is Cc1ccccc1CNc1nc(N)c2[nH]cnc2n1. The van der Waals surface area contributed by atoms with Crippen LogP contribution in [-0.4, -0.2) is 19.9 Å². The molecule has 0 radical (unpaired) electrons. The molecule has 0 unspecified atom stereocenters. The van der Waals surface area contributed by atoms with Crippen LogP contribution < -0.4 is 11.1 Å². The van der Waals surface area contributed by atoms with E-state index in [2.05, 4.69) is 44.3 Å². The molecule has 0 bridgehead atoms. The van der Waals surface area contributed by atoms with Crippen LogP contribution in [0.15, 0.2) is 30.6 Å². The first-order chi connectivity index (χ1) is 9.24. The van der Waals surface area contributed by atoms with Crippen LogP contribution in [0.1, 0.15) is 11.1 Å². The molecule has 0 aliphatic rings. The predicted octanol–water partition coefficient (Wildman–Crippen LogP) is 1.86. The second-order valence-corrected chi connectivity index (χ2v) is 4.31. The third-order valence-electron chi connectivity index (χ3n) is 3.01. The van der Waals surface area contributed by atoms with E-state index in [9.17, 15) is 0 Å². The largest absolute Gasteiger partial charge is 0.382 e. The predicted molar refractivity (Wildman–Crippen MR) is 74.6 cm³/mol. The number of fused-ring (bicyclic) bond motifs is 1. The Morgan fingerprint density at radius 2 is 2.11 bits per heavy atom. The number of imidazole rings is 1. The maximum Gasteiger partial charge on any atom is 0.227 e. The minimum absolute atomic E-state index is 0.398. The fourth-order valence-corrected chi connectivity index (χ4v) is 1.92. The lowest BCUT2D eigenvalue weighted by Gasteiger charge is -2.08. The number of H-pyrrole nitrogens is 1. The molecule has 4 N–H and O–H groups in total. The minimum atomic E-state index is 0.398. The summed E-state index contributed by atoms with van der Waals surface area (Å²) in [6, 6.07) is 8.17. The highest BCUT2D eigenvalue weighted by Gasteiger charge is 2.07. The van der Waals surface area contributed by atoms with Crippen LogP contribution in [0.25, 0.3) is 11.2 Å². The Morgan fingerprint density at radius 3 is 2.95 bits per heavy atom. The Kier molecular flexibility index (Phi) is 2.75. The van der Waals surface area contributed by atoms with Gasteiger partial charge in [0.2, 0.25) is 5.95 Å². The van der Waals surface area contributed by atoms with Crippen molar-refractivity contribution in [3.8, 4) is 0 Å². The molecule has 2 heterocycles. The number of nitrogen functional groups attached to an aromatic ring is 1. The number of aryl methyl sites for hydroxylation is 1.